The molecule has 4 heterocycles. The van der Waals surface area contributed by atoms with Crippen molar-refractivity contribution < 1.29 is 32.6 Å². The maximum atomic E-state index is 15.2. The van der Waals surface area contributed by atoms with Gasteiger partial charge in [-0.2, -0.15) is 8.78 Å². The van der Waals surface area contributed by atoms with E-state index >= 15 is 13.2 Å². The third kappa shape index (κ3) is 5.23. The lowest BCUT2D eigenvalue weighted by Gasteiger charge is -2.38. The number of aryl methyl sites for hydroxylation is 1. The van der Waals surface area contributed by atoms with E-state index in [1.54, 1.807) is 6.92 Å². The molecule has 0 saturated carbocycles. The minimum Gasteiger partial charge on any atom is -0.496 e. The Bertz CT molecular complexity index is 1470. The van der Waals surface area contributed by atoms with Crippen molar-refractivity contribution in [2.24, 2.45) is 0 Å². The second kappa shape index (κ2) is 10.9. The predicted molar refractivity (Wildman–Crippen MR) is 140 cm³/mol. The maximum Gasteiger partial charge on any atom is 0.377 e. The van der Waals surface area contributed by atoms with Gasteiger partial charge in [-0.15, -0.1) is 10.2 Å². The van der Waals surface area contributed by atoms with Crippen LogP contribution in [0.5, 0.6) is 5.75 Å². The molecular formula is C25H24ClF3N6O4S. The first-order valence-corrected chi connectivity index (χ1v) is 13.4. The van der Waals surface area contributed by atoms with Gasteiger partial charge >= 0.3 is 11.8 Å². The summed E-state index contributed by atoms with van der Waals surface area (Å²) in [5.74, 6) is -6.92. The quantitative estimate of drug-likeness (QED) is 0.445. The first kappa shape index (κ1) is 28.2. The number of pyridine rings is 1. The van der Waals surface area contributed by atoms with Crippen molar-refractivity contribution in [1.82, 2.24) is 25.0 Å². The highest BCUT2D eigenvalue weighted by molar-refractivity contribution is 7.15. The second-order valence-electron chi connectivity index (χ2n) is 9.54. The summed E-state index contributed by atoms with van der Waals surface area (Å²) in [5, 5.41) is 18.0. The summed E-state index contributed by atoms with van der Waals surface area (Å²) in [6, 6.07) is 4.04. The Hall–Kier alpha value is -3.33. The summed E-state index contributed by atoms with van der Waals surface area (Å²) in [5.41, 5.74) is 0.414. The largest absolute Gasteiger partial charge is 0.496 e. The molecule has 212 valence electrons. The Kier molecular flexibility index (Phi) is 7.70. The zero-order chi connectivity index (χ0) is 28.8. The number of amides is 2. The van der Waals surface area contributed by atoms with E-state index in [1.807, 2.05) is 4.90 Å². The highest BCUT2D eigenvalue weighted by atomic mass is 35.5. The monoisotopic (exact) mass is 596 g/mol. The van der Waals surface area contributed by atoms with Gasteiger partial charge in [0.25, 0.3) is 5.91 Å². The van der Waals surface area contributed by atoms with Crippen LogP contribution >= 0.6 is 22.9 Å². The molecule has 2 aliphatic rings. The molecule has 2 amide bonds. The Morgan fingerprint density at radius 2 is 2.02 bits per heavy atom. The number of methoxy groups -OCH3 is 1. The number of anilines is 1. The minimum atomic E-state index is -3.98. The number of carbonyl (C=O) groups is 2. The summed E-state index contributed by atoms with van der Waals surface area (Å²) < 4.78 is 50.7. The van der Waals surface area contributed by atoms with E-state index in [2.05, 4.69) is 20.5 Å². The molecule has 0 aliphatic carbocycles. The van der Waals surface area contributed by atoms with Crippen LogP contribution in [0.25, 0.3) is 11.1 Å². The molecule has 2 aromatic heterocycles. The van der Waals surface area contributed by atoms with Crippen LogP contribution in [0.3, 0.4) is 0 Å². The molecule has 10 nitrogen and oxygen atoms in total. The maximum absolute atomic E-state index is 15.2. The van der Waals surface area contributed by atoms with Crippen molar-refractivity contribution >= 4 is 39.9 Å². The summed E-state index contributed by atoms with van der Waals surface area (Å²) in [6.45, 7) is 2.64. The predicted octanol–water partition coefficient (Wildman–Crippen LogP) is 3.33. The average Bonchev–Trinajstić information content (AvgIpc) is 3.55. The number of hydrogen-bond acceptors (Lipinski definition) is 9. The van der Waals surface area contributed by atoms with Gasteiger partial charge in [0.15, 0.2) is 10.8 Å². The lowest BCUT2D eigenvalue weighted by molar-refractivity contribution is -0.161. The number of fused-ring (bicyclic) bond motifs is 1. The average molecular weight is 597 g/mol. The number of carbonyl (C=O) groups excluding carboxylic acids is 2. The molecule has 2 N–H and O–H groups in total. The van der Waals surface area contributed by atoms with Crippen LogP contribution in [0.4, 0.5) is 18.3 Å². The molecule has 1 aromatic carbocycles. The Balaban J connectivity index is 1.36. The van der Waals surface area contributed by atoms with Crippen molar-refractivity contribution in [2.75, 3.05) is 38.6 Å². The van der Waals surface area contributed by atoms with Gasteiger partial charge in [0.05, 0.1) is 29.4 Å². The number of aliphatic hydroxyl groups is 1. The second-order valence-corrected chi connectivity index (χ2v) is 10.9. The number of alkyl halides is 2. The summed E-state index contributed by atoms with van der Waals surface area (Å²) in [4.78, 5) is 33.1. The molecule has 0 unspecified atom stereocenters. The van der Waals surface area contributed by atoms with Gasteiger partial charge in [0.2, 0.25) is 5.13 Å². The number of nitrogens with one attached hydrogen (secondary N) is 1. The van der Waals surface area contributed by atoms with E-state index in [-0.39, 0.29) is 51.7 Å². The molecule has 3 aromatic rings. The van der Waals surface area contributed by atoms with Crippen molar-refractivity contribution in [1.29, 1.82) is 0 Å². The van der Waals surface area contributed by atoms with Crippen LogP contribution in [0.1, 0.15) is 27.5 Å². The number of halogens is 4. The zero-order valence-electron chi connectivity index (χ0n) is 21.3. The molecule has 2 saturated heterocycles. The fourth-order valence-electron chi connectivity index (χ4n) is 4.96. The molecule has 0 bridgehead atoms. The van der Waals surface area contributed by atoms with E-state index in [9.17, 15) is 14.7 Å². The highest BCUT2D eigenvalue weighted by Crippen LogP contribution is 2.39. The van der Waals surface area contributed by atoms with Gasteiger partial charge in [-0.25, -0.2) is 4.39 Å². The molecule has 2 aliphatic heterocycles. The summed E-state index contributed by atoms with van der Waals surface area (Å²) in [6.07, 6.45) is 1.07. The van der Waals surface area contributed by atoms with Crippen LogP contribution in [0, 0.1) is 12.7 Å². The van der Waals surface area contributed by atoms with E-state index in [0.29, 0.717) is 36.5 Å². The number of benzene rings is 1. The molecule has 2 atom stereocenters. The molecule has 15 heteroatoms. The van der Waals surface area contributed by atoms with Crippen molar-refractivity contribution in [2.45, 2.75) is 31.4 Å². The lowest BCUT2D eigenvalue weighted by Crippen LogP contribution is -2.55. The topological polar surface area (TPSA) is 121 Å². The lowest BCUT2D eigenvalue weighted by atomic mass is 9.98. The molecular weight excluding hydrogens is 573 g/mol. The van der Waals surface area contributed by atoms with Crippen LogP contribution < -0.4 is 10.1 Å². The van der Waals surface area contributed by atoms with Gasteiger partial charge in [0, 0.05) is 49.7 Å². The third-order valence-corrected chi connectivity index (χ3v) is 8.10. The number of rotatable bonds is 6. The smallest absolute Gasteiger partial charge is 0.377 e. The summed E-state index contributed by atoms with van der Waals surface area (Å²) >= 11 is 6.33. The Labute approximate surface area is 235 Å². The van der Waals surface area contributed by atoms with Crippen molar-refractivity contribution in [3.63, 3.8) is 0 Å². The fourth-order valence-corrected chi connectivity index (χ4v) is 5.82. The van der Waals surface area contributed by atoms with Gasteiger partial charge < -0.3 is 14.7 Å². The molecule has 5 rings (SSSR count). The number of aromatic nitrogens is 3. The van der Waals surface area contributed by atoms with Gasteiger partial charge in [-0.05, 0) is 31.5 Å². The SMILES string of the molecule is COc1ccc(Cl)c(F)c1-c1cc(C)ncc1C(=O)Nc1nnc(C(F)(F)C(=O)N2CCN3C[C@@H](O)C[C@H]3C2)s1. The van der Waals surface area contributed by atoms with Gasteiger partial charge in [0.1, 0.15) is 5.75 Å². The highest BCUT2D eigenvalue weighted by Gasteiger charge is 2.49. The van der Waals surface area contributed by atoms with E-state index in [4.69, 9.17) is 16.3 Å². The standard InChI is InChI=1S/C25H24ClF3N6O4S/c1-12-7-15(19-18(39-2)4-3-17(26)20(19)27)16(9-30-12)21(37)31-24-33-32-22(40-24)25(28,29)23(38)35-6-5-34-11-14(36)8-13(34)10-35/h3-4,7,9,13-14,36H,5-6,8,10-11H2,1-2H3,(H,31,33,37)/t13-,14-/m0/s1. The molecule has 0 radical (unpaired) electrons. The zero-order valence-corrected chi connectivity index (χ0v) is 22.9. The molecule has 0 spiro atoms. The van der Waals surface area contributed by atoms with Crippen LogP contribution in [-0.2, 0) is 10.7 Å². The number of aliphatic hydroxyl groups excluding tert-OH is 1. The van der Waals surface area contributed by atoms with Crippen LogP contribution in [0.15, 0.2) is 24.4 Å². The van der Waals surface area contributed by atoms with E-state index in [1.165, 1.54) is 31.5 Å². The molecule has 2 fully saturated rings. The third-order valence-electron chi connectivity index (χ3n) is 6.90. The van der Waals surface area contributed by atoms with E-state index < -0.39 is 34.7 Å². The Morgan fingerprint density at radius 1 is 1.25 bits per heavy atom. The number of hydrogen-bond donors (Lipinski definition) is 2. The number of ether oxygens (including phenoxy) is 1. The summed E-state index contributed by atoms with van der Waals surface area (Å²) in [7, 11) is 1.33. The van der Waals surface area contributed by atoms with Crippen molar-refractivity contribution in [3.05, 3.63) is 51.5 Å². The van der Waals surface area contributed by atoms with Gasteiger partial charge in [-0.1, -0.05) is 22.9 Å². The normalized spacial score (nSPS) is 19.4. The van der Waals surface area contributed by atoms with Crippen LogP contribution in [-0.4, -0.2) is 87.3 Å². The first-order chi connectivity index (χ1) is 19.0. The van der Waals surface area contributed by atoms with Gasteiger partial charge in [-0.3, -0.25) is 24.8 Å². The van der Waals surface area contributed by atoms with Crippen LogP contribution in [0.2, 0.25) is 5.02 Å². The molecule has 40 heavy (non-hydrogen) atoms. The number of piperazine rings is 1. The first-order valence-electron chi connectivity index (χ1n) is 12.2. The Morgan fingerprint density at radius 3 is 2.77 bits per heavy atom. The van der Waals surface area contributed by atoms with E-state index in [0.717, 1.165) is 4.90 Å². The minimum absolute atomic E-state index is 0.0700. The van der Waals surface area contributed by atoms with Crippen molar-refractivity contribution in [3.8, 4) is 16.9 Å². The fraction of sp³-hybridized carbons (Fsp3) is 0.400. The number of nitrogens with zero attached hydrogens (tertiary/aromatic N) is 5.